The number of benzene rings is 2. The van der Waals surface area contributed by atoms with Gasteiger partial charge in [-0.1, -0.05) is 28.1 Å². The van der Waals surface area contributed by atoms with Gasteiger partial charge in [0.2, 0.25) is 5.95 Å². The van der Waals surface area contributed by atoms with Crippen LogP contribution >= 0.6 is 15.9 Å². The van der Waals surface area contributed by atoms with E-state index in [1.165, 1.54) is 18.5 Å². The number of halogens is 11. The number of aromatic nitrogens is 2. The molecular weight excluding hydrogens is 618 g/mol. The summed E-state index contributed by atoms with van der Waals surface area (Å²) >= 11 is 2.58. The van der Waals surface area contributed by atoms with Gasteiger partial charge in [0.15, 0.2) is 0 Å². The molecule has 0 saturated heterocycles. The summed E-state index contributed by atoms with van der Waals surface area (Å²) in [6, 6.07) is 4.18. The molecule has 1 heterocycles. The Morgan fingerprint density at radius 2 is 1.49 bits per heavy atom. The molecule has 208 valence electrons. The topological polar surface area (TPSA) is 66.9 Å². The molecule has 1 atom stereocenters. The van der Waals surface area contributed by atoms with Gasteiger partial charge in [0.1, 0.15) is 11.7 Å². The zero-order valence-corrected chi connectivity index (χ0v) is 20.4. The van der Waals surface area contributed by atoms with Crippen molar-refractivity contribution >= 4 is 33.6 Å². The van der Waals surface area contributed by atoms with Crippen molar-refractivity contribution in [2.24, 2.45) is 0 Å². The Hall–Kier alpha value is -3.69. The smallest absolute Gasteiger partial charge is 0.267 e. The van der Waals surface area contributed by atoms with Crippen molar-refractivity contribution in [1.29, 1.82) is 0 Å². The maximum atomic E-state index is 14.9. The number of carbonyl (C=O) groups is 1. The quantitative estimate of drug-likeness (QED) is 0.216. The lowest BCUT2D eigenvalue weighted by Gasteiger charge is -2.20. The van der Waals surface area contributed by atoms with Crippen LogP contribution in [0.1, 0.15) is 38.5 Å². The number of hydrazine groups is 1. The van der Waals surface area contributed by atoms with Gasteiger partial charge >= 0.3 is 18.5 Å². The number of allylic oxidation sites excluding steroid dienone is 1. The molecule has 0 spiro atoms. The van der Waals surface area contributed by atoms with Gasteiger partial charge in [0.05, 0.1) is 16.7 Å². The Kier molecular flexibility index (Phi) is 8.57. The lowest BCUT2D eigenvalue weighted by atomic mass is 9.94. The molecule has 0 saturated carbocycles. The molecule has 2 N–H and O–H groups in total. The molecule has 0 aliphatic rings. The number of carbonyl (C=O) groups excluding carboxylic acids is 1. The van der Waals surface area contributed by atoms with Gasteiger partial charge in [0.25, 0.3) is 5.91 Å². The first-order valence-electron chi connectivity index (χ1n) is 10.3. The lowest BCUT2D eigenvalue weighted by molar-refractivity contribution is -0.142. The molecule has 0 fully saturated rings. The Bertz CT molecular complexity index is 1370. The fraction of sp³-hybridized carbons (Fsp3) is 0.174. The number of hydrogen-bond donors (Lipinski definition) is 2. The van der Waals surface area contributed by atoms with E-state index in [4.69, 9.17) is 0 Å². The van der Waals surface area contributed by atoms with Gasteiger partial charge in [-0.3, -0.25) is 15.6 Å². The summed E-state index contributed by atoms with van der Waals surface area (Å²) in [4.78, 5) is 19.7. The minimum atomic E-state index is -5.31. The molecule has 0 bridgehead atoms. The zero-order chi connectivity index (χ0) is 29.2. The lowest BCUT2D eigenvalue weighted by Crippen LogP contribution is -2.32. The minimum Gasteiger partial charge on any atom is -0.267 e. The summed E-state index contributed by atoms with van der Waals surface area (Å²) in [5.74, 6) is -6.29. The normalized spacial score (nSPS) is 13.7. The van der Waals surface area contributed by atoms with Gasteiger partial charge in [-0.15, -0.1) is 0 Å². The van der Waals surface area contributed by atoms with Crippen LogP contribution in [0.2, 0.25) is 0 Å². The summed E-state index contributed by atoms with van der Waals surface area (Å²) in [7, 11) is 0. The average molecular weight is 631 g/mol. The zero-order valence-electron chi connectivity index (χ0n) is 18.8. The van der Waals surface area contributed by atoms with Crippen LogP contribution in [0, 0.1) is 0 Å². The molecule has 39 heavy (non-hydrogen) atoms. The summed E-state index contributed by atoms with van der Waals surface area (Å²) in [5.41, 5.74) is -2.12. The molecule has 2 aromatic carbocycles. The van der Waals surface area contributed by atoms with Crippen molar-refractivity contribution < 1.29 is 48.7 Å². The number of rotatable bonds is 6. The van der Waals surface area contributed by atoms with E-state index < -0.39 is 68.5 Å². The van der Waals surface area contributed by atoms with Crippen LogP contribution in [0.4, 0.5) is 49.9 Å². The maximum Gasteiger partial charge on any atom is 0.417 e. The Morgan fingerprint density at radius 3 is 2.05 bits per heavy atom. The average Bonchev–Trinajstić information content (AvgIpc) is 2.84. The highest BCUT2D eigenvalue weighted by Gasteiger charge is 2.42. The Balaban J connectivity index is 2.00. The van der Waals surface area contributed by atoms with E-state index in [0.29, 0.717) is 24.3 Å². The van der Waals surface area contributed by atoms with Crippen LogP contribution in [0.25, 0.3) is 5.83 Å². The Morgan fingerprint density at radius 1 is 0.872 bits per heavy atom. The van der Waals surface area contributed by atoms with E-state index >= 15 is 0 Å². The van der Waals surface area contributed by atoms with Gasteiger partial charge in [-0.2, -0.15) is 39.5 Å². The second-order valence-electron chi connectivity index (χ2n) is 7.68. The van der Waals surface area contributed by atoms with Gasteiger partial charge in [0, 0.05) is 22.4 Å². The highest BCUT2D eigenvalue weighted by Crippen LogP contribution is 2.43. The van der Waals surface area contributed by atoms with Crippen molar-refractivity contribution in [2.75, 3.05) is 5.43 Å². The molecule has 0 aliphatic heterocycles. The number of nitrogens with zero attached hydrogens (tertiary/aromatic N) is 2. The monoisotopic (exact) mass is 630 g/mol. The summed E-state index contributed by atoms with van der Waals surface area (Å²) in [5, 5.41) is 0. The van der Waals surface area contributed by atoms with Crippen molar-refractivity contribution in [2.45, 2.75) is 24.4 Å². The fourth-order valence-electron chi connectivity index (χ4n) is 3.24. The van der Waals surface area contributed by atoms with Crippen LogP contribution in [0.5, 0.6) is 0 Å². The maximum absolute atomic E-state index is 14.9. The fourth-order valence-corrected chi connectivity index (χ4v) is 3.72. The largest absolute Gasteiger partial charge is 0.417 e. The van der Waals surface area contributed by atoms with Gasteiger partial charge in [-0.25, -0.2) is 14.4 Å². The second-order valence-corrected chi connectivity index (χ2v) is 8.53. The number of alkyl halides is 9. The predicted molar refractivity (Wildman–Crippen MR) is 122 cm³/mol. The van der Waals surface area contributed by atoms with E-state index in [9.17, 15) is 48.7 Å². The number of amides is 1. The molecular formula is C23H13BrF10N4O. The summed E-state index contributed by atoms with van der Waals surface area (Å²) < 4.78 is 136. The molecule has 16 heteroatoms. The first-order chi connectivity index (χ1) is 18.0. The van der Waals surface area contributed by atoms with Crippen LogP contribution in [-0.2, 0) is 12.4 Å². The molecule has 1 amide bonds. The minimum absolute atomic E-state index is 0.107. The summed E-state index contributed by atoms with van der Waals surface area (Å²) in [6.07, 6.45) is -13.2. The van der Waals surface area contributed by atoms with Crippen LogP contribution in [-0.4, -0.2) is 22.1 Å². The van der Waals surface area contributed by atoms with Gasteiger partial charge in [-0.05, 0) is 42.0 Å². The van der Waals surface area contributed by atoms with Crippen molar-refractivity contribution in [3.63, 3.8) is 0 Å². The third-order valence-corrected chi connectivity index (χ3v) is 5.71. The van der Waals surface area contributed by atoms with Crippen molar-refractivity contribution in [3.8, 4) is 0 Å². The first-order valence-corrected chi connectivity index (χ1v) is 11.1. The second kappa shape index (κ2) is 11.2. The van der Waals surface area contributed by atoms with Gasteiger partial charge < -0.3 is 0 Å². The third-order valence-electron chi connectivity index (χ3n) is 5.02. The number of hydrogen-bond acceptors (Lipinski definition) is 4. The SMILES string of the molecule is O=C(NNc1ncccn1)c1ccc(C(F)=CC(c2ccc(Br)c(C(F)(F)F)c2)C(F)(F)F)cc1C(F)(F)F. The molecule has 1 aromatic heterocycles. The van der Waals surface area contributed by atoms with Crippen molar-refractivity contribution in [3.05, 3.63) is 93.2 Å². The number of nitrogens with one attached hydrogen (secondary N) is 2. The highest BCUT2D eigenvalue weighted by atomic mass is 79.9. The van der Waals surface area contributed by atoms with Crippen LogP contribution in [0.3, 0.4) is 0 Å². The standard InChI is InChI=1S/C23H13BrF10N4O/c24-17-5-3-11(8-16(17)23(32,33)34)14(21(26,27)28)10-18(25)12-2-4-13(15(9-12)22(29,30)31)19(39)37-38-20-35-6-1-7-36-20/h1-10,14H,(H,37,39)(H,35,36,38). The predicted octanol–water partition coefficient (Wildman–Crippen LogP) is 7.69. The van der Waals surface area contributed by atoms with E-state index in [-0.39, 0.29) is 24.2 Å². The molecule has 3 rings (SSSR count). The van der Waals surface area contributed by atoms with Crippen LogP contribution < -0.4 is 10.9 Å². The van der Waals surface area contributed by atoms with Crippen LogP contribution in [0.15, 0.2) is 65.4 Å². The van der Waals surface area contributed by atoms with E-state index in [1.54, 1.807) is 0 Å². The van der Waals surface area contributed by atoms with E-state index in [1.807, 2.05) is 5.43 Å². The summed E-state index contributed by atoms with van der Waals surface area (Å²) in [6.45, 7) is 0. The number of anilines is 1. The van der Waals surface area contributed by atoms with Crippen molar-refractivity contribution in [1.82, 2.24) is 15.4 Å². The highest BCUT2D eigenvalue weighted by molar-refractivity contribution is 9.10. The molecule has 0 aliphatic carbocycles. The first kappa shape index (κ1) is 29.9. The molecule has 5 nitrogen and oxygen atoms in total. The molecule has 1 unspecified atom stereocenters. The van der Waals surface area contributed by atoms with E-state index in [2.05, 4.69) is 31.3 Å². The molecule has 3 aromatic rings. The van der Waals surface area contributed by atoms with E-state index in [0.717, 1.165) is 0 Å². The third kappa shape index (κ3) is 7.46. The molecule has 0 radical (unpaired) electrons. The Labute approximate surface area is 221 Å².